The van der Waals surface area contributed by atoms with E-state index in [0.717, 1.165) is 17.1 Å². The minimum atomic E-state index is -4.15. The first kappa shape index (κ1) is 20.9. The summed E-state index contributed by atoms with van der Waals surface area (Å²) in [6.45, 7) is 1.88. The molecule has 0 amide bonds. The third-order valence-electron chi connectivity index (χ3n) is 3.91. The highest BCUT2D eigenvalue weighted by Gasteiger charge is 2.23. The molecule has 0 saturated carbocycles. The van der Waals surface area contributed by atoms with Crippen LogP contribution in [0.3, 0.4) is 0 Å². The van der Waals surface area contributed by atoms with E-state index in [1.165, 1.54) is 31.4 Å². The van der Waals surface area contributed by atoms with E-state index in [4.69, 9.17) is 13.7 Å². The molecule has 3 rings (SSSR count). The van der Waals surface area contributed by atoms with Crippen molar-refractivity contribution in [3.8, 4) is 11.5 Å². The molecule has 1 aliphatic heterocycles. The minimum Gasteiger partial charge on any atom is -0.493 e. The number of hydrogen-bond acceptors (Lipinski definition) is 8. The van der Waals surface area contributed by atoms with Crippen molar-refractivity contribution in [2.45, 2.75) is 16.4 Å². The van der Waals surface area contributed by atoms with Crippen molar-refractivity contribution in [2.75, 3.05) is 25.2 Å². The number of rotatable bonds is 7. The molecule has 0 N–H and O–H groups in total. The Morgan fingerprint density at radius 1 is 1.11 bits per heavy atom. The van der Waals surface area contributed by atoms with Crippen LogP contribution >= 0.6 is 23.5 Å². The first-order chi connectivity index (χ1) is 13.4. The maximum atomic E-state index is 12.7. The van der Waals surface area contributed by atoms with Crippen LogP contribution in [-0.2, 0) is 14.9 Å². The van der Waals surface area contributed by atoms with Crippen molar-refractivity contribution in [1.29, 1.82) is 0 Å². The first-order valence-electron chi connectivity index (χ1n) is 8.57. The molecular weight excluding hydrogens is 420 g/mol. The number of thioether (sulfide) groups is 2. The predicted molar refractivity (Wildman–Crippen MR) is 111 cm³/mol. The van der Waals surface area contributed by atoms with Crippen molar-refractivity contribution >= 4 is 39.6 Å². The number of benzene rings is 2. The molecule has 1 aliphatic rings. The van der Waals surface area contributed by atoms with Crippen LogP contribution in [0.1, 0.15) is 27.4 Å². The molecule has 0 radical (unpaired) electrons. The van der Waals surface area contributed by atoms with Crippen LogP contribution < -0.4 is 8.92 Å². The smallest absolute Gasteiger partial charge is 0.339 e. The Hall–Kier alpha value is -1.84. The zero-order valence-corrected chi connectivity index (χ0v) is 17.9. The van der Waals surface area contributed by atoms with E-state index >= 15 is 0 Å². The van der Waals surface area contributed by atoms with Crippen molar-refractivity contribution in [1.82, 2.24) is 0 Å². The van der Waals surface area contributed by atoms with Crippen LogP contribution in [-0.4, -0.2) is 39.6 Å². The van der Waals surface area contributed by atoms with E-state index in [9.17, 15) is 13.2 Å². The van der Waals surface area contributed by atoms with Gasteiger partial charge in [-0.2, -0.15) is 8.42 Å². The van der Waals surface area contributed by atoms with Gasteiger partial charge in [-0.3, -0.25) is 0 Å². The van der Waals surface area contributed by atoms with Gasteiger partial charge >= 0.3 is 16.1 Å². The standard InChI is InChI=1S/C19H20O6S3/c1-3-24-18(20)13-5-4-6-15(11-13)28(21,22)25-16-8-7-14(12-17(16)23-2)19-26-9-10-27-19/h4-8,11-12,19H,3,9-10H2,1-2H3. The van der Waals surface area contributed by atoms with Crippen LogP contribution in [0.15, 0.2) is 47.4 Å². The molecule has 0 aromatic heterocycles. The maximum absolute atomic E-state index is 12.7. The summed E-state index contributed by atoms with van der Waals surface area (Å²) in [5.41, 5.74) is 1.20. The second kappa shape index (κ2) is 9.11. The van der Waals surface area contributed by atoms with Gasteiger partial charge < -0.3 is 13.7 Å². The number of methoxy groups -OCH3 is 1. The van der Waals surface area contributed by atoms with E-state index in [0.29, 0.717) is 10.3 Å². The number of hydrogen-bond donors (Lipinski definition) is 0. The molecule has 1 fully saturated rings. The fourth-order valence-corrected chi connectivity index (χ4v) is 6.43. The number of carbonyl (C=O) groups is 1. The quantitative estimate of drug-likeness (QED) is 0.470. The SMILES string of the molecule is CCOC(=O)c1cccc(S(=O)(=O)Oc2ccc(C3SCCS3)cc2OC)c1. The van der Waals surface area contributed by atoms with Crippen LogP contribution in [0.4, 0.5) is 0 Å². The van der Waals surface area contributed by atoms with E-state index in [1.807, 2.05) is 29.6 Å². The molecule has 28 heavy (non-hydrogen) atoms. The Bertz CT molecular complexity index is 952. The highest BCUT2D eigenvalue weighted by molar-refractivity contribution is 8.19. The molecule has 1 saturated heterocycles. The average Bonchev–Trinajstić information content (AvgIpc) is 3.23. The van der Waals surface area contributed by atoms with Gasteiger partial charge in [0.1, 0.15) is 4.90 Å². The summed E-state index contributed by atoms with van der Waals surface area (Å²) in [4.78, 5) is 11.7. The normalized spacial score (nSPS) is 14.6. The second-order valence-corrected chi connectivity index (χ2v) is 10.0. The van der Waals surface area contributed by atoms with Gasteiger partial charge in [-0.15, -0.1) is 23.5 Å². The molecule has 150 valence electrons. The van der Waals surface area contributed by atoms with Gasteiger partial charge in [-0.25, -0.2) is 4.79 Å². The third kappa shape index (κ3) is 4.76. The van der Waals surface area contributed by atoms with Gasteiger partial charge in [0.2, 0.25) is 0 Å². The molecule has 1 heterocycles. The van der Waals surface area contributed by atoms with Crippen LogP contribution in [0, 0.1) is 0 Å². The van der Waals surface area contributed by atoms with Gasteiger partial charge in [0.05, 0.1) is 23.9 Å². The van der Waals surface area contributed by atoms with Crippen molar-refractivity contribution in [2.24, 2.45) is 0 Å². The molecule has 0 atom stereocenters. The molecule has 6 nitrogen and oxygen atoms in total. The Morgan fingerprint density at radius 3 is 2.54 bits per heavy atom. The topological polar surface area (TPSA) is 78.9 Å². The van der Waals surface area contributed by atoms with Crippen LogP contribution in [0.5, 0.6) is 11.5 Å². The van der Waals surface area contributed by atoms with Gasteiger partial charge in [-0.05, 0) is 42.8 Å². The fourth-order valence-electron chi connectivity index (χ4n) is 2.61. The van der Waals surface area contributed by atoms with Crippen molar-refractivity contribution < 1.29 is 26.9 Å². The molecule has 0 aliphatic carbocycles. The van der Waals surface area contributed by atoms with Crippen molar-refractivity contribution in [3.63, 3.8) is 0 Å². The number of ether oxygens (including phenoxy) is 2. The van der Waals surface area contributed by atoms with E-state index in [2.05, 4.69) is 0 Å². The molecule has 0 unspecified atom stereocenters. The van der Waals surface area contributed by atoms with Gasteiger partial charge in [0.25, 0.3) is 0 Å². The Labute approximate surface area is 173 Å². The van der Waals surface area contributed by atoms with Gasteiger partial charge in [-0.1, -0.05) is 12.1 Å². The summed E-state index contributed by atoms with van der Waals surface area (Å²) < 4.78 is 41.3. The zero-order valence-electron chi connectivity index (χ0n) is 15.4. The van der Waals surface area contributed by atoms with Crippen molar-refractivity contribution in [3.05, 3.63) is 53.6 Å². The molecule has 9 heteroatoms. The number of carbonyl (C=O) groups excluding carboxylic acids is 1. The van der Waals surface area contributed by atoms with E-state index in [-0.39, 0.29) is 22.8 Å². The zero-order chi connectivity index (χ0) is 20.1. The lowest BCUT2D eigenvalue weighted by Gasteiger charge is -2.14. The summed E-state index contributed by atoms with van der Waals surface area (Å²) in [6, 6.07) is 10.8. The lowest BCUT2D eigenvalue weighted by Crippen LogP contribution is -2.12. The predicted octanol–water partition coefficient (Wildman–Crippen LogP) is 4.12. The lowest BCUT2D eigenvalue weighted by molar-refractivity contribution is 0.0526. The summed E-state index contributed by atoms with van der Waals surface area (Å²) in [5.74, 6) is 2.02. The van der Waals surface area contributed by atoms with E-state index < -0.39 is 16.1 Å². The lowest BCUT2D eigenvalue weighted by atomic mass is 10.2. The highest BCUT2D eigenvalue weighted by Crippen LogP contribution is 2.47. The minimum absolute atomic E-state index is 0.0979. The molecule has 0 bridgehead atoms. The highest BCUT2D eigenvalue weighted by atomic mass is 32.2. The Balaban J connectivity index is 1.86. The fraction of sp³-hybridized carbons (Fsp3) is 0.316. The van der Waals surface area contributed by atoms with Crippen LogP contribution in [0.2, 0.25) is 0 Å². The van der Waals surface area contributed by atoms with Crippen LogP contribution in [0.25, 0.3) is 0 Å². The summed E-state index contributed by atoms with van der Waals surface area (Å²) in [7, 11) is -2.68. The maximum Gasteiger partial charge on any atom is 0.339 e. The Morgan fingerprint density at radius 2 is 1.86 bits per heavy atom. The third-order valence-corrected chi connectivity index (χ3v) is 8.25. The summed E-state index contributed by atoms with van der Waals surface area (Å²) >= 11 is 3.69. The summed E-state index contributed by atoms with van der Waals surface area (Å²) in [5, 5.41) is 0. The largest absolute Gasteiger partial charge is 0.493 e. The van der Waals surface area contributed by atoms with E-state index in [1.54, 1.807) is 19.1 Å². The van der Waals surface area contributed by atoms with Gasteiger partial charge in [0.15, 0.2) is 11.5 Å². The second-order valence-electron chi connectivity index (χ2n) is 5.77. The molecule has 0 spiro atoms. The molecule has 2 aromatic carbocycles. The molecule has 2 aromatic rings. The number of esters is 1. The Kier molecular flexibility index (Phi) is 6.79. The average molecular weight is 441 g/mol. The summed E-state index contributed by atoms with van der Waals surface area (Å²) in [6.07, 6.45) is 0. The first-order valence-corrected chi connectivity index (χ1v) is 12.1. The monoisotopic (exact) mass is 440 g/mol. The van der Waals surface area contributed by atoms with Gasteiger partial charge in [0, 0.05) is 11.5 Å². The molecular formula is C19H20O6S3.